The molecule has 3 nitrogen and oxygen atoms in total. The molecule has 0 amide bonds. The molecule has 2 heterocycles. The van der Waals surface area contributed by atoms with Gasteiger partial charge < -0.3 is 10.0 Å². The Labute approximate surface area is 110 Å². The van der Waals surface area contributed by atoms with Gasteiger partial charge in [-0.25, -0.2) is 4.98 Å². The summed E-state index contributed by atoms with van der Waals surface area (Å²) < 4.78 is 0. The summed E-state index contributed by atoms with van der Waals surface area (Å²) in [5.74, 6) is 1.01. The summed E-state index contributed by atoms with van der Waals surface area (Å²) in [5, 5.41) is 9.64. The SMILES string of the molecule is CCC1(CC)CCN(c2cc([C@@H](C)O)ccn2)C1. The van der Waals surface area contributed by atoms with Crippen LogP contribution < -0.4 is 4.90 Å². The van der Waals surface area contributed by atoms with Crippen molar-refractivity contribution in [1.82, 2.24) is 4.98 Å². The van der Waals surface area contributed by atoms with Gasteiger partial charge in [0.15, 0.2) is 0 Å². The molecule has 100 valence electrons. The number of hydrogen-bond acceptors (Lipinski definition) is 3. The molecule has 1 aromatic rings. The summed E-state index contributed by atoms with van der Waals surface area (Å²) in [6, 6.07) is 3.91. The average Bonchev–Trinajstić information content (AvgIpc) is 2.84. The monoisotopic (exact) mass is 248 g/mol. The summed E-state index contributed by atoms with van der Waals surface area (Å²) in [7, 11) is 0. The molecule has 0 bridgehead atoms. The fourth-order valence-corrected chi connectivity index (χ4v) is 2.82. The topological polar surface area (TPSA) is 36.4 Å². The van der Waals surface area contributed by atoms with Gasteiger partial charge in [0, 0.05) is 19.3 Å². The number of anilines is 1. The molecule has 1 aromatic heterocycles. The van der Waals surface area contributed by atoms with Crippen LogP contribution in [0.3, 0.4) is 0 Å². The zero-order valence-corrected chi connectivity index (χ0v) is 11.7. The standard InChI is InChI=1S/C15H24N2O/c1-4-15(5-2)7-9-17(11-15)14-10-13(12(3)18)6-8-16-14/h6,8,10,12,18H,4-5,7,9,11H2,1-3H3/t12-/m1/s1. The highest BCUT2D eigenvalue weighted by Crippen LogP contribution is 2.38. The molecule has 0 unspecified atom stereocenters. The van der Waals surface area contributed by atoms with Crippen LogP contribution >= 0.6 is 0 Å². The van der Waals surface area contributed by atoms with Crippen LogP contribution in [0, 0.1) is 5.41 Å². The largest absolute Gasteiger partial charge is 0.389 e. The van der Waals surface area contributed by atoms with Crippen molar-refractivity contribution in [3.8, 4) is 0 Å². The predicted molar refractivity (Wildman–Crippen MR) is 74.7 cm³/mol. The molecule has 3 heteroatoms. The van der Waals surface area contributed by atoms with E-state index >= 15 is 0 Å². The third-order valence-corrected chi connectivity index (χ3v) is 4.51. The lowest BCUT2D eigenvalue weighted by atomic mass is 9.82. The number of aliphatic hydroxyl groups excluding tert-OH is 1. The van der Waals surface area contributed by atoms with Crippen LogP contribution in [0.2, 0.25) is 0 Å². The summed E-state index contributed by atoms with van der Waals surface area (Å²) in [6.07, 6.45) is 5.10. The number of pyridine rings is 1. The smallest absolute Gasteiger partial charge is 0.128 e. The lowest BCUT2D eigenvalue weighted by Gasteiger charge is -2.27. The van der Waals surface area contributed by atoms with Gasteiger partial charge in [0.25, 0.3) is 0 Å². The molecule has 0 spiro atoms. The Morgan fingerprint density at radius 1 is 1.44 bits per heavy atom. The van der Waals surface area contributed by atoms with E-state index in [1.54, 1.807) is 13.1 Å². The summed E-state index contributed by atoms with van der Waals surface area (Å²) >= 11 is 0. The highest BCUT2D eigenvalue weighted by Gasteiger charge is 2.35. The lowest BCUT2D eigenvalue weighted by Crippen LogP contribution is -2.26. The van der Waals surface area contributed by atoms with Crippen molar-refractivity contribution in [2.24, 2.45) is 5.41 Å². The van der Waals surface area contributed by atoms with Crippen molar-refractivity contribution in [3.05, 3.63) is 23.9 Å². The quantitative estimate of drug-likeness (QED) is 0.889. The first kappa shape index (κ1) is 13.3. The van der Waals surface area contributed by atoms with E-state index in [2.05, 4.69) is 23.7 Å². The maximum atomic E-state index is 9.64. The number of rotatable bonds is 4. The Morgan fingerprint density at radius 2 is 2.17 bits per heavy atom. The van der Waals surface area contributed by atoms with E-state index in [4.69, 9.17) is 0 Å². The van der Waals surface area contributed by atoms with Crippen LogP contribution in [0.4, 0.5) is 5.82 Å². The molecule has 1 saturated heterocycles. The van der Waals surface area contributed by atoms with Gasteiger partial charge >= 0.3 is 0 Å². The van der Waals surface area contributed by atoms with E-state index in [0.717, 1.165) is 24.5 Å². The molecule has 0 radical (unpaired) electrons. The highest BCUT2D eigenvalue weighted by molar-refractivity contribution is 5.43. The zero-order valence-electron chi connectivity index (χ0n) is 11.7. The van der Waals surface area contributed by atoms with Crippen molar-refractivity contribution in [3.63, 3.8) is 0 Å². The molecular formula is C15H24N2O. The minimum atomic E-state index is -0.420. The molecule has 1 aliphatic rings. The highest BCUT2D eigenvalue weighted by atomic mass is 16.3. The zero-order chi connectivity index (χ0) is 13.2. The fourth-order valence-electron chi connectivity index (χ4n) is 2.82. The molecule has 0 aliphatic carbocycles. The Bertz CT molecular complexity index is 399. The van der Waals surface area contributed by atoms with Crippen molar-refractivity contribution < 1.29 is 5.11 Å². The number of aromatic nitrogens is 1. The summed E-state index contributed by atoms with van der Waals surface area (Å²) in [4.78, 5) is 6.81. The molecule has 0 saturated carbocycles. The Hall–Kier alpha value is -1.09. The number of nitrogens with zero attached hydrogens (tertiary/aromatic N) is 2. The normalized spacial score (nSPS) is 20.1. The van der Waals surface area contributed by atoms with E-state index in [1.165, 1.54) is 19.3 Å². The van der Waals surface area contributed by atoms with Crippen LogP contribution in [0.15, 0.2) is 18.3 Å². The van der Waals surface area contributed by atoms with Gasteiger partial charge in [0.05, 0.1) is 6.10 Å². The second-order valence-electron chi connectivity index (χ2n) is 5.50. The lowest BCUT2D eigenvalue weighted by molar-refractivity contribution is 0.199. The molecule has 1 aliphatic heterocycles. The van der Waals surface area contributed by atoms with Gasteiger partial charge in [-0.05, 0) is 49.3 Å². The summed E-state index contributed by atoms with van der Waals surface area (Å²) in [6.45, 7) is 8.54. The van der Waals surface area contributed by atoms with Crippen molar-refractivity contribution in [2.75, 3.05) is 18.0 Å². The average molecular weight is 248 g/mol. The van der Waals surface area contributed by atoms with Crippen molar-refractivity contribution >= 4 is 5.82 Å². The van der Waals surface area contributed by atoms with Gasteiger partial charge in [-0.2, -0.15) is 0 Å². The van der Waals surface area contributed by atoms with Crippen LogP contribution in [-0.4, -0.2) is 23.2 Å². The first-order valence-corrected chi connectivity index (χ1v) is 6.99. The molecule has 18 heavy (non-hydrogen) atoms. The maximum absolute atomic E-state index is 9.64. The van der Waals surface area contributed by atoms with Gasteiger partial charge in [-0.1, -0.05) is 13.8 Å². The van der Waals surface area contributed by atoms with E-state index in [9.17, 15) is 5.11 Å². The molecule has 1 N–H and O–H groups in total. The van der Waals surface area contributed by atoms with Gasteiger partial charge in [-0.3, -0.25) is 0 Å². The number of aliphatic hydroxyl groups is 1. The molecule has 1 atom stereocenters. The maximum Gasteiger partial charge on any atom is 0.128 e. The van der Waals surface area contributed by atoms with Gasteiger partial charge in [-0.15, -0.1) is 0 Å². The number of hydrogen-bond donors (Lipinski definition) is 1. The molecule has 2 rings (SSSR count). The second kappa shape index (κ2) is 5.27. The van der Waals surface area contributed by atoms with E-state index in [-0.39, 0.29) is 0 Å². The van der Waals surface area contributed by atoms with E-state index in [0.29, 0.717) is 5.41 Å². The van der Waals surface area contributed by atoms with E-state index < -0.39 is 6.10 Å². The van der Waals surface area contributed by atoms with Crippen molar-refractivity contribution in [2.45, 2.75) is 46.1 Å². The Balaban J connectivity index is 2.16. The van der Waals surface area contributed by atoms with Gasteiger partial charge in [0.2, 0.25) is 0 Å². The van der Waals surface area contributed by atoms with Crippen LogP contribution in [-0.2, 0) is 0 Å². The minimum absolute atomic E-state index is 0.420. The van der Waals surface area contributed by atoms with Gasteiger partial charge in [0.1, 0.15) is 5.82 Å². The van der Waals surface area contributed by atoms with Crippen LogP contribution in [0.1, 0.15) is 51.7 Å². The Morgan fingerprint density at radius 3 is 2.72 bits per heavy atom. The van der Waals surface area contributed by atoms with E-state index in [1.807, 2.05) is 12.1 Å². The third-order valence-electron chi connectivity index (χ3n) is 4.51. The minimum Gasteiger partial charge on any atom is -0.389 e. The third kappa shape index (κ3) is 2.51. The second-order valence-corrected chi connectivity index (χ2v) is 5.50. The van der Waals surface area contributed by atoms with Crippen LogP contribution in [0.25, 0.3) is 0 Å². The Kier molecular flexibility index (Phi) is 3.91. The molecule has 1 fully saturated rings. The van der Waals surface area contributed by atoms with Crippen molar-refractivity contribution in [1.29, 1.82) is 0 Å². The summed E-state index contributed by atoms with van der Waals surface area (Å²) in [5.41, 5.74) is 1.41. The molecule has 0 aromatic carbocycles. The first-order valence-electron chi connectivity index (χ1n) is 6.99. The fraction of sp³-hybridized carbons (Fsp3) is 0.667. The molecular weight excluding hydrogens is 224 g/mol. The van der Waals surface area contributed by atoms with Crippen LogP contribution in [0.5, 0.6) is 0 Å². The predicted octanol–water partition coefficient (Wildman–Crippen LogP) is 3.15. The first-order chi connectivity index (χ1) is 8.60.